The van der Waals surface area contributed by atoms with Gasteiger partial charge >= 0.3 is 0 Å². The Kier molecular flexibility index (Phi) is 5.38. The zero-order chi connectivity index (χ0) is 12.7. The molecule has 3 N–H and O–H groups in total. The van der Waals surface area contributed by atoms with Crippen molar-refractivity contribution in [2.45, 2.75) is 13.0 Å². The molecule has 1 atom stereocenters. The van der Waals surface area contributed by atoms with Gasteiger partial charge in [0.1, 0.15) is 6.61 Å². The van der Waals surface area contributed by atoms with Gasteiger partial charge in [0, 0.05) is 13.2 Å². The van der Waals surface area contributed by atoms with Crippen LogP contribution in [0.25, 0.3) is 0 Å². The van der Waals surface area contributed by atoms with Crippen molar-refractivity contribution in [2.75, 3.05) is 25.6 Å². The van der Waals surface area contributed by atoms with Gasteiger partial charge in [-0.05, 0) is 13.0 Å². The van der Waals surface area contributed by atoms with Crippen LogP contribution in [0.5, 0.6) is 5.88 Å². The van der Waals surface area contributed by atoms with Crippen LogP contribution in [-0.2, 0) is 9.53 Å². The first-order valence-corrected chi connectivity index (χ1v) is 5.27. The molecule has 0 aliphatic carbocycles. The number of aromatic nitrogens is 1. The Hall–Kier alpha value is -1.66. The first-order chi connectivity index (χ1) is 8.13. The smallest absolute Gasteiger partial charge is 0.241 e. The summed E-state index contributed by atoms with van der Waals surface area (Å²) in [6, 6.07) is 2.83. The van der Waals surface area contributed by atoms with Crippen molar-refractivity contribution in [1.29, 1.82) is 0 Å². The van der Waals surface area contributed by atoms with Crippen LogP contribution in [-0.4, -0.2) is 37.3 Å². The molecule has 1 rings (SSSR count). The maximum absolute atomic E-state index is 11.3. The van der Waals surface area contributed by atoms with E-state index in [0.29, 0.717) is 24.8 Å². The standard InChI is InChI=1S/C11H17N3O3/c1-8(12)11(15)14-9-3-4-10(13-7-9)17-6-5-16-2/h3-4,7-8H,5-6,12H2,1-2H3,(H,14,15). The van der Waals surface area contributed by atoms with Gasteiger partial charge in [0.25, 0.3) is 0 Å². The van der Waals surface area contributed by atoms with E-state index in [2.05, 4.69) is 10.3 Å². The third-order valence-corrected chi connectivity index (χ3v) is 1.95. The number of hydrogen-bond donors (Lipinski definition) is 2. The van der Waals surface area contributed by atoms with Gasteiger partial charge < -0.3 is 20.5 Å². The fraction of sp³-hybridized carbons (Fsp3) is 0.455. The fourth-order valence-corrected chi connectivity index (χ4v) is 1.03. The summed E-state index contributed by atoms with van der Waals surface area (Å²) >= 11 is 0. The molecule has 0 saturated heterocycles. The van der Waals surface area contributed by atoms with Crippen LogP contribution in [0.15, 0.2) is 18.3 Å². The Morgan fingerprint density at radius 3 is 2.82 bits per heavy atom. The summed E-state index contributed by atoms with van der Waals surface area (Å²) in [6.45, 7) is 2.56. The van der Waals surface area contributed by atoms with E-state index in [0.717, 1.165) is 0 Å². The minimum Gasteiger partial charge on any atom is -0.475 e. The molecule has 1 aromatic heterocycles. The normalized spacial score (nSPS) is 11.9. The van der Waals surface area contributed by atoms with Crippen LogP contribution >= 0.6 is 0 Å². The number of amides is 1. The van der Waals surface area contributed by atoms with Gasteiger partial charge in [-0.3, -0.25) is 4.79 Å². The predicted octanol–water partition coefficient (Wildman–Crippen LogP) is 0.392. The molecule has 0 radical (unpaired) electrons. The molecule has 1 aromatic rings. The Labute approximate surface area is 100 Å². The Balaban J connectivity index is 2.47. The molecule has 94 valence electrons. The Morgan fingerprint density at radius 2 is 2.29 bits per heavy atom. The summed E-state index contributed by atoms with van der Waals surface area (Å²) < 4.78 is 10.1. The number of pyridine rings is 1. The average molecular weight is 239 g/mol. The second-order valence-electron chi connectivity index (χ2n) is 3.50. The zero-order valence-corrected chi connectivity index (χ0v) is 9.97. The van der Waals surface area contributed by atoms with Gasteiger partial charge in [-0.15, -0.1) is 0 Å². The number of methoxy groups -OCH3 is 1. The highest BCUT2D eigenvalue weighted by Crippen LogP contribution is 2.11. The topological polar surface area (TPSA) is 86.5 Å². The highest BCUT2D eigenvalue weighted by Gasteiger charge is 2.07. The first kappa shape index (κ1) is 13.4. The van der Waals surface area contributed by atoms with Crippen LogP contribution in [0.4, 0.5) is 5.69 Å². The van der Waals surface area contributed by atoms with Gasteiger partial charge in [-0.1, -0.05) is 0 Å². The second-order valence-corrected chi connectivity index (χ2v) is 3.50. The average Bonchev–Trinajstić information content (AvgIpc) is 2.31. The van der Waals surface area contributed by atoms with Crippen molar-refractivity contribution in [2.24, 2.45) is 5.73 Å². The lowest BCUT2D eigenvalue weighted by Gasteiger charge is -2.08. The molecule has 6 nitrogen and oxygen atoms in total. The lowest BCUT2D eigenvalue weighted by atomic mass is 10.3. The molecule has 0 fully saturated rings. The maximum Gasteiger partial charge on any atom is 0.241 e. The Bertz CT molecular complexity index is 351. The summed E-state index contributed by atoms with van der Waals surface area (Å²) in [6.07, 6.45) is 1.52. The second kappa shape index (κ2) is 6.82. The van der Waals surface area contributed by atoms with E-state index in [4.69, 9.17) is 15.2 Å². The number of ether oxygens (including phenoxy) is 2. The molecule has 0 aliphatic heterocycles. The van der Waals surface area contributed by atoms with Gasteiger partial charge in [0.2, 0.25) is 11.8 Å². The number of carbonyl (C=O) groups excluding carboxylic acids is 1. The third kappa shape index (κ3) is 4.80. The van der Waals surface area contributed by atoms with Crippen LogP contribution in [0.2, 0.25) is 0 Å². The summed E-state index contributed by atoms with van der Waals surface area (Å²) in [4.78, 5) is 15.3. The quantitative estimate of drug-likeness (QED) is 0.701. The van der Waals surface area contributed by atoms with Crippen molar-refractivity contribution in [3.05, 3.63) is 18.3 Å². The van der Waals surface area contributed by atoms with Gasteiger partial charge in [0.15, 0.2) is 0 Å². The first-order valence-electron chi connectivity index (χ1n) is 5.27. The maximum atomic E-state index is 11.3. The number of carbonyl (C=O) groups is 1. The summed E-state index contributed by atoms with van der Waals surface area (Å²) in [5, 5.41) is 2.63. The van der Waals surface area contributed by atoms with E-state index in [9.17, 15) is 4.79 Å². The molecule has 0 bridgehead atoms. The minimum atomic E-state index is -0.548. The molecule has 1 unspecified atom stereocenters. The molecular formula is C11H17N3O3. The summed E-state index contributed by atoms with van der Waals surface area (Å²) in [5.74, 6) is 0.237. The van der Waals surface area contributed by atoms with E-state index < -0.39 is 6.04 Å². The molecular weight excluding hydrogens is 222 g/mol. The Morgan fingerprint density at radius 1 is 1.53 bits per heavy atom. The molecule has 1 heterocycles. The van der Waals surface area contributed by atoms with E-state index in [1.54, 1.807) is 26.2 Å². The lowest BCUT2D eigenvalue weighted by Crippen LogP contribution is -2.32. The molecule has 0 saturated carbocycles. The van der Waals surface area contributed by atoms with Crippen molar-refractivity contribution < 1.29 is 14.3 Å². The lowest BCUT2D eigenvalue weighted by molar-refractivity contribution is -0.117. The number of nitrogens with one attached hydrogen (secondary N) is 1. The molecule has 17 heavy (non-hydrogen) atoms. The van der Waals surface area contributed by atoms with Crippen molar-refractivity contribution >= 4 is 11.6 Å². The van der Waals surface area contributed by atoms with Crippen LogP contribution in [0, 0.1) is 0 Å². The molecule has 0 aliphatic rings. The fourth-order valence-electron chi connectivity index (χ4n) is 1.03. The SMILES string of the molecule is COCCOc1ccc(NC(=O)C(C)N)cn1. The molecule has 1 amide bonds. The zero-order valence-electron chi connectivity index (χ0n) is 9.97. The highest BCUT2D eigenvalue weighted by atomic mass is 16.5. The van der Waals surface area contributed by atoms with Crippen LogP contribution in [0.3, 0.4) is 0 Å². The minimum absolute atomic E-state index is 0.250. The van der Waals surface area contributed by atoms with Crippen LogP contribution in [0.1, 0.15) is 6.92 Å². The van der Waals surface area contributed by atoms with Gasteiger partial charge in [-0.2, -0.15) is 0 Å². The number of hydrogen-bond acceptors (Lipinski definition) is 5. The number of anilines is 1. The molecule has 0 spiro atoms. The van der Waals surface area contributed by atoms with E-state index in [1.165, 1.54) is 6.20 Å². The molecule has 0 aromatic carbocycles. The van der Waals surface area contributed by atoms with E-state index in [1.807, 2.05) is 0 Å². The monoisotopic (exact) mass is 239 g/mol. The van der Waals surface area contributed by atoms with Crippen molar-refractivity contribution in [3.8, 4) is 5.88 Å². The van der Waals surface area contributed by atoms with Crippen LogP contribution < -0.4 is 15.8 Å². The number of nitrogens with two attached hydrogens (primary N) is 1. The number of nitrogens with zero attached hydrogens (tertiary/aromatic N) is 1. The summed E-state index contributed by atoms with van der Waals surface area (Å²) in [7, 11) is 1.60. The van der Waals surface area contributed by atoms with Gasteiger partial charge in [0.05, 0.1) is 24.5 Å². The molecule has 6 heteroatoms. The predicted molar refractivity (Wildman–Crippen MR) is 63.9 cm³/mol. The summed E-state index contributed by atoms with van der Waals surface area (Å²) in [5.41, 5.74) is 6.01. The van der Waals surface area contributed by atoms with Crippen molar-refractivity contribution in [1.82, 2.24) is 4.98 Å². The number of rotatable bonds is 6. The largest absolute Gasteiger partial charge is 0.475 e. The van der Waals surface area contributed by atoms with E-state index in [-0.39, 0.29) is 5.91 Å². The highest BCUT2D eigenvalue weighted by molar-refractivity contribution is 5.94. The van der Waals surface area contributed by atoms with E-state index >= 15 is 0 Å². The van der Waals surface area contributed by atoms with Gasteiger partial charge in [-0.25, -0.2) is 4.98 Å². The van der Waals surface area contributed by atoms with Crippen molar-refractivity contribution in [3.63, 3.8) is 0 Å². The third-order valence-electron chi connectivity index (χ3n) is 1.95.